The number of alkyl halides is 3. The molecule has 0 bridgehead atoms. The molecular formula is C27H28F3N3O4. The van der Waals surface area contributed by atoms with Gasteiger partial charge in [-0.3, -0.25) is 19.2 Å². The predicted molar refractivity (Wildman–Crippen MR) is 130 cm³/mol. The van der Waals surface area contributed by atoms with Crippen LogP contribution in [-0.4, -0.2) is 56.7 Å². The van der Waals surface area contributed by atoms with Crippen LogP contribution >= 0.6 is 0 Å². The van der Waals surface area contributed by atoms with Crippen molar-refractivity contribution in [2.45, 2.75) is 52.4 Å². The summed E-state index contributed by atoms with van der Waals surface area (Å²) >= 11 is 0. The summed E-state index contributed by atoms with van der Waals surface area (Å²) in [6, 6.07) is 13.0. The Labute approximate surface area is 213 Å². The first-order chi connectivity index (χ1) is 17.3. The molecule has 0 saturated heterocycles. The second-order valence-corrected chi connectivity index (χ2v) is 9.08. The minimum atomic E-state index is -5.27. The molecule has 0 radical (unpaired) electrons. The first kappa shape index (κ1) is 27.6. The highest BCUT2D eigenvalue weighted by molar-refractivity contribution is 6.00. The molecule has 1 aliphatic rings. The van der Waals surface area contributed by atoms with Crippen molar-refractivity contribution in [1.29, 1.82) is 0 Å². The number of benzene rings is 2. The van der Waals surface area contributed by atoms with Crippen LogP contribution in [-0.2, 0) is 25.6 Å². The van der Waals surface area contributed by atoms with E-state index in [4.69, 9.17) is 0 Å². The molecule has 0 aromatic heterocycles. The highest BCUT2D eigenvalue weighted by Crippen LogP contribution is 2.34. The van der Waals surface area contributed by atoms with E-state index in [1.165, 1.54) is 30.2 Å². The molecule has 2 aromatic carbocycles. The highest BCUT2D eigenvalue weighted by atomic mass is 19.4. The highest BCUT2D eigenvalue weighted by Gasteiger charge is 2.51. The number of carbonyl (C=O) groups excluding carboxylic acids is 4. The van der Waals surface area contributed by atoms with Gasteiger partial charge in [-0.15, -0.1) is 0 Å². The van der Waals surface area contributed by atoms with Crippen LogP contribution in [0, 0.1) is 5.92 Å². The standard InChI is InChI=1S/C27H28F3N3O4/c1-17(2)24-26(37)33(23(16-31(24)18(3)34)21-13-9-6-10-14-21)32(19(4)35)22(25(36)27(28,29)30)15-20-11-7-5-8-12-20/h5-14,16-17,22,24H,15H2,1-4H3. The molecule has 3 amide bonds. The van der Waals surface area contributed by atoms with Crippen LogP contribution in [0.1, 0.15) is 38.8 Å². The minimum absolute atomic E-state index is 0.000867. The Kier molecular flexibility index (Phi) is 8.20. The normalized spacial score (nSPS) is 16.9. The summed E-state index contributed by atoms with van der Waals surface area (Å²) in [6.07, 6.45) is -4.41. The van der Waals surface area contributed by atoms with Crippen molar-refractivity contribution < 1.29 is 32.3 Å². The molecular weight excluding hydrogens is 487 g/mol. The molecule has 0 N–H and O–H groups in total. The van der Waals surface area contributed by atoms with Gasteiger partial charge in [0, 0.05) is 32.0 Å². The van der Waals surface area contributed by atoms with E-state index in [9.17, 15) is 32.3 Å². The van der Waals surface area contributed by atoms with Gasteiger partial charge >= 0.3 is 6.18 Å². The molecule has 0 fully saturated rings. The molecule has 1 heterocycles. The second-order valence-electron chi connectivity index (χ2n) is 9.08. The van der Waals surface area contributed by atoms with Gasteiger partial charge in [0.2, 0.25) is 11.8 Å². The smallest absolute Gasteiger partial charge is 0.304 e. The number of halogens is 3. The lowest BCUT2D eigenvalue weighted by Crippen LogP contribution is -2.64. The van der Waals surface area contributed by atoms with Gasteiger partial charge in [-0.2, -0.15) is 13.2 Å². The fourth-order valence-electron chi connectivity index (χ4n) is 4.37. The molecule has 196 valence electrons. The van der Waals surface area contributed by atoms with E-state index < -0.39 is 54.1 Å². The SMILES string of the molecule is CC(=O)N1C=C(c2ccccc2)N(N(C(C)=O)C(Cc2ccccc2)C(=O)C(F)(F)F)C(=O)C1C(C)C. The van der Waals surface area contributed by atoms with E-state index in [0.717, 1.165) is 11.9 Å². The molecule has 7 nitrogen and oxygen atoms in total. The van der Waals surface area contributed by atoms with E-state index in [0.29, 0.717) is 16.1 Å². The molecule has 3 rings (SSSR count). The Bertz CT molecular complexity index is 1200. The molecule has 0 aliphatic carbocycles. The second kappa shape index (κ2) is 11.0. The molecule has 2 aromatic rings. The van der Waals surface area contributed by atoms with Gasteiger partial charge in [0.15, 0.2) is 0 Å². The summed E-state index contributed by atoms with van der Waals surface area (Å²) < 4.78 is 41.5. The Morgan fingerprint density at radius 1 is 0.946 bits per heavy atom. The number of amides is 3. The Morgan fingerprint density at radius 2 is 1.49 bits per heavy atom. The van der Waals surface area contributed by atoms with Crippen molar-refractivity contribution in [1.82, 2.24) is 14.9 Å². The van der Waals surface area contributed by atoms with E-state index >= 15 is 0 Å². The topological polar surface area (TPSA) is 78.0 Å². The zero-order valence-electron chi connectivity index (χ0n) is 20.9. The van der Waals surface area contributed by atoms with Crippen LogP contribution < -0.4 is 0 Å². The average Bonchev–Trinajstić information content (AvgIpc) is 2.83. The van der Waals surface area contributed by atoms with E-state index in [1.807, 2.05) is 0 Å². The Hall–Kier alpha value is -3.95. The van der Waals surface area contributed by atoms with Crippen molar-refractivity contribution in [2.75, 3.05) is 0 Å². The predicted octanol–water partition coefficient (Wildman–Crippen LogP) is 4.21. The first-order valence-corrected chi connectivity index (χ1v) is 11.7. The summed E-state index contributed by atoms with van der Waals surface area (Å²) in [5.74, 6) is -4.81. The van der Waals surface area contributed by atoms with Crippen LogP contribution in [0.25, 0.3) is 5.70 Å². The number of ketones is 1. The number of hydrogen-bond acceptors (Lipinski definition) is 4. The first-order valence-electron chi connectivity index (χ1n) is 11.7. The van der Waals surface area contributed by atoms with Gasteiger partial charge in [-0.05, 0) is 11.5 Å². The largest absolute Gasteiger partial charge is 0.452 e. The number of carbonyl (C=O) groups is 4. The van der Waals surface area contributed by atoms with E-state index in [2.05, 4.69) is 0 Å². The zero-order chi connectivity index (χ0) is 27.5. The van der Waals surface area contributed by atoms with Crippen molar-refractivity contribution in [3.8, 4) is 0 Å². The van der Waals surface area contributed by atoms with Crippen molar-refractivity contribution in [3.05, 3.63) is 78.0 Å². The third kappa shape index (κ3) is 5.90. The molecule has 0 saturated carbocycles. The van der Waals surface area contributed by atoms with Crippen LogP contribution in [0.4, 0.5) is 13.2 Å². The summed E-state index contributed by atoms with van der Waals surface area (Å²) in [5.41, 5.74) is 0.742. The molecule has 10 heteroatoms. The minimum Gasteiger partial charge on any atom is -0.304 e. The number of hydrogen-bond donors (Lipinski definition) is 0. The molecule has 37 heavy (non-hydrogen) atoms. The number of rotatable bonds is 7. The molecule has 0 spiro atoms. The maximum absolute atomic E-state index is 13.9. The van der Waals surface area contributed by atoms with Crippen LogP contribution in [0.15, 0.2) is 66.9 Å². The lowest BCUT2D eigenvalue weighted by Gasteiger charge is -2.46. The molecule has 2 unspecified atom stereocenters. The van der Waals surface area contributed by atoms with Crippen molar-refractivity contribution in [2.24, 2.45) is 5.92 Å². The summed E-state index contributed by atoms with van der Waals surface area (Å²) in [7, 11) is 0. The number of Topliss-reactive ketones (excluding diaryl/α,β-unsaturated/α-hetero) is 1. The van der Waals surface area contributed by atoms with Gasteiger partial charge in [-0.25, -0.2) is 10.0 Å². The van der Waals surface area contributed by atoms with Gasteiger partial charge < -0.3 is 4.90 Å². The maximum atomic E-state index is 13.9. The van der Waals surface area contributed by atoms with Crippen LogP contribution in [0.5, 0.6) is 0 Å². The molecule has 2 atom stereocenters. The van der Waals surface area contributed by atoms with Gasteiger partial charge in [0.25, 0.3) is 11.7 Å². The summed E-state index contributed by atoms with van der Waals surface area (Å²) in [4.78, 5) is 53.4. The summed E-state index contributed by atoms with van der Waals surface area (Å²) in [6.45, 7) is 5.63. The zero-order valence-corrected chi connectivity index (χ0v) is 20.9. The third-order valence-electron chi connectivity index (χ3n) is 6.00. The lowest BCUT2D eigenvalue weighted by atomic mass is 9.97. The van der Waals surface area contributed by atoms with Crippen LogP contribution in [0.3, 0.4) is 0 Å². The molecule has 1 aliphatic heterocycles. The number of hydrazine groups is 1. The Balaban J connectivity index is 2.27. The van der Waals surface area contributed by atoms with Gasteiger partial charge in [-0.1, -0.05) is 74.5 Å². The van der Waals surface area contributed by atoms with E-state index in [1.54, 1.807) is 62.4 Å². The lowest BCUT2D eigenvalue weighted by molar-refractivity contribution is -0.187. The maximum Gasteiger partial charge on any atom is 0.452 e. The Morgan fingerprint density at radius 3 is 1.95 bits per heavy atom. The third-order valence-corrected chi connectivity index (χ3v) is 6.00. The van der Waals surface area contributed by atoms with Crippen LogP contribution in [0.2, 0.25) is 0 Å². The van der Waals surface area contributed by atoms with Gasteiger partial charge in [0.1, 0.15) is 12.1 Å². The fraction of sp³-hybridized carbons (Fsp3) is 0.333. The summed E-state index contributed by atoms with van der Waals surface area (Å²) in [5, 5.41) is 1.41. The van der Waals surface area contributed by atoms with Gasteiger partial charge in [0.05, 0.1) is 5.70 Å². The van der Waals surface area contributed by atoms with Crippen molar-refractivity contribution in [3.63, 3.8) is 0 Å². The fourth-order valence-corrected chi connectivity index (χ4v) is 4.37. The monoisotopic (exact) mass is 515 g/mol. The van der Waals surface area contributed by atoms with E-state index in [-0.39, 0.29) is 5.70 Å². The average molecular weight is 516 g/mol. The number of nitrogens with zero attached hydrogens (tertiary/aromatic N) is 3. The quantitative estimate of drug-likeness (QED) is 0.554. The van der Waals surface area contributed by atoms with Crippen molar-refractivity contribution >= 4 is 29.2 Å².